The Morgan fingerprint density at radius 2 is 1.75 bits per heavy atom. The molecule has 1 unspecified atom stereocenters. The number of Topliss-reactive ketones (excluding diaryl/α,β-unsaturated/α-hetero) is 1. The fourth-order valence-electron chi connectivity index (χ4n) is 2.22. The summed E-state index contributed by atoms with van der Waals surface area (Å²) in [6.07, 6.45) is 0.876. The first-order valence-electron chi connectivity index (χ1n) is 7.75. The van der Waals surface area contributed by atoms with Gasteiger partial charge in [0.1, 0.15) is 0 Å². The molecule has 6 nitrogen and oxygen atoms in total. The van der Waals surface area contributed by atoms with Crippen molar-refractivity contribution < 1.29 is 14.7 Å². The van der Waals surface area contributed by atoms with E-state index in [0.717, 1.165) is 0 Å². The number of aliphatic hydroxyl groups is 1. The van der Waals surface area contributed by atoms with E-state index >= 15 is 0 Å². The van der Waals surface area contributed by atoms with E-state index in [0.29, 0.717) is 5.56 Å². The Kier molecular flexibility index (Phi) is 6.45. The molecule has 0 aliphatic rings. The van der Waals surface area contributed by atoms with Crippen LogP contribution in [0.4, 0.5) is 0 Å². The van der Waals surface area contributed by atoms with Crippen molar-refractivity contribution in [2.45, 2.75) is 25.5 Å². The number of hydrogen-bond acceptors (Lipinski definition) is 4. The third-order valence-electron chi connectivity index (χ3n) is 3.52. The van der Waals surface area contributed by atoms with Crippen LogP contribution in [0.5, 0.6) is 0 Å². The summed E-state index contributed by atoms with van der Waals surface area (Å²) in [5, 5.41) is 12.5. The summed E-state index contributed by atoms with van der Waals surface area (Å²) >= 11 is 0. The molecule has 2 aromatic rings. The zero-order valence-corrected chi connectivity index (χ0v) is 13.2. The van der Waals surface area contributed by atoms with Gasteiger partial charge in [0.05, 0.1) is 12.6 Å². The maximum atomic E-state index is 11.9. The number of carbonyl (C=O) groups excluding carboxylic acids is 2. The van der Waals surface area contributed by atoms with Gasteiger partial charge < -0.3 is 15.0 Å². The standard InChI is InChI=1S/C18H20N2O4/c21-15(13-20-11-5-4-8-18(20)24)12-19-17(23)10-9-16(22)14-6-2-1-3-7-14/h1-8,11,15,21H,9-10,12-13H2,(H,19,23). The van der Waals surface area contributed by atoms with Crippen molar-refractivity contribution >= 4 is 11.7 Å². The first-order valence-corrected chi connectivity index (χ1v) is 7.75. The quantitative estimate of drug-likeness (QED) is 0.707. The minimum Gasteiger partial charge on any atom is -0.389 e. The van der Waals surface area contributed by atoms with Crippen LogP contribution >= 0.6 is 0 Å². The van der Waals surface area contributed by atoms with Gasteiger partial charge in [-0.3, -0.25) is 14.4 Å². The molecule has 6 heteroatoms. The second-order valence-electron chi connectivity index (χ2n) is 5.44. The molecule has 0 aliphatic carbocycles. The van der Waals surface area contributed by atoms with Crippen molar-refractivity contribution in [1.82, 2.24) is 9.88 Å². The maximum Gasteiger partial charge on any atom is 0.250 e. The molecule has 0 aliphatic heterocycles. The van der Waals surface area contributed by atoms with E-state index in [1.807, 2.05) is 6.07 Å². The van der Waals surface area contributed by atoms with Gasteiger partial charge in [-0.1, -0.05) is 36.4 Å². The lowest BCUT2D eigenvalue weighted by Gasteiger charge is -2.13. The Balaban J connectivity index is 1.72. The zero-order chi connectivity index (χ0) is 17.4. The summed E-state index contributed by atoms with van der Waals surface area (Å²) < 4.78 is 1.37. The van der Waals surface area contributed by atoms with Crippen LogP contribution in [-0.2, 0) is 11.3 Å². The highest BCUT2D eigenvalue weighted by atomic mass is 16.3. The summed E-state index contributed by atoms with van der Waals surface area (Å²) in [5.41, 5.74) is 0.366. The van der Waals surface area contributed by atoms with Crippen LogP contribution in [0.15, 0.2) is 59.5 Å². The number of benzene rings is 1. The van der Waals surface area contributed by atoms with Gasteiger partial charge in [-0.25, -0.2) is 0 Å². The Morgan fingerprint density at radius 3 is 2.46 bits per heavy atom. The van der Waals surface area contributed by atoms with E-state index in [1.54, 1.807) is 42.6 Å². The molecule has 0 fully saturated rings. The lowest BCUT2D eigenvalue weighted by molar-refractivity contribution is -0.121. The molecule has 1 atom stereocenters. The minimum absolute atomic E-state index is 0.0275. The van der Waals surface area contributed by atoms with Crippen LogP contribution < -0.4 is 10.9 Å². The SMILES string of the molecule is O=C(CCC(=O)c1ccccc1)NCC(O)Cn1ccccc1=O. The Hall–Kier alpha value is -2.73. The highest BCUT2D eigenvalue weighted by Crippen LogP contribution is 2.04. The van der Waals surface area contributed by atoms with Gasteiger partial charge in [0, 0.05) is 37.2 Å². The molecule has 2 rings (SSSR count). The third-order valence-corrected chi connectivity index (χ3v) is 3.52. The van der Waals surface area contributed by atoms with Gasteiger partial charge in [-0.15, -0.1) is 0 Å². The molecule has 0 spiro atoms. The Bertz CT molecular complexity index is 740. The molecule has 1 aromatic heterocycles. The van der Waals surface area contributed by atoms with Crippen molar-refractivity contribution in [3.05, 3.63) is 70.6 Å². The number of nitrogens with zero attached hydrogens (tertiary/aromatic N) is 1. The van der Waals surface area contributed by atoms with Gasteiger partial charge in [0.25, 0.3) is 5.56 Å². The van der Waals surface area contributed by atoms with Gasteiger partial charge in [0.15, 0.2) is 5.78 Å². The monoisotopic (exact) mass is 328 g/mol. The Morgan fingerprint density at radius 1 is 1.04 bits per heavy atom. The number of carbonyl (C=O) groups is 2. The summed E-state index contributed by atoms with van der Waals surface area (Å²) in [6.45, 7) is 0.128. The Labute approximate surface area is 139 Å². The van der Waals surface area contributed by atoms with E-state index in [-0.39, 0.29) is 43.2 Å². The van der Waals surface area contributed by atoms with Gasteiger partial charge in [0.2, 0.25) is 5.91 Å². The molecule has 1 heterocycles. The van der Waals surface area contributed by atoms with Crippen molar-refractivity contribution in [1.29, 1.82) is 0 Å². The number of nitrogens with one attached hydrogen (secondary N) is 1. The smallest absolute Gasteiger partial charge is 0.250 e. The van der Waals surface area contributed by atoms with Crippen LogP contribution in [0.3, 0.4) is 0 Å². The lowest BCUT2D eigenvalue weighted by atomic mass is 10.1. The topological polar surface area (TPSA) is 88.4 Å². The maximum absolute atomic E-state index is 11.9. The first kappa shape index (κ1) is 17.6. The van der Waals surface area contributed by atoms with Crippen molar-refractivity contribution in [2.24, 2.45) is 0 Å². The van der Waals surface area contributed by atoms with E-state index < -0.39 is 6.10 Å². The predicted molar refractivity (Wildman–Crippen MR) is 89.7 cm³/mol. The molecule has 1 amide bonds. The number of amides is 1. The summed E-state index contributed by atoms with van der Waals surface area (Å²) in [5.74, 6) is -0.402. The number of pyridine rings is 1. The predicted octanol–water partition coefficient (Wildman–Crippen LogP) is 0.988. The second kappa shape index (κ2) is 8.79. The highest BCUT2D eigenvalue weighted by molar-refractivity contribution is 5.97. The fourth-order valence-corrected chi connectivity index (χ4v) is 2.22. The summed E-state index contributed by atoms with van der Waals surface area (Å²) in [4.78, 5) is 35.2. The molecular formula is C18H20N2O4. The van der Waals surface area contributed by atoms with Gasteiger partial charge in [-0.05, 0) is 6.07 Å². The summed E-state index contributed by atoms with van der Waals surface area (Å²) in [6, 6.07) is 13.5. The molecule has 24 heavy (non-hydrogen) atoms. The van der Waals surface area contributed by atoms with Crippen LogP contribution in [0, 0.1) is 0 Å². The van der Waals surface area contributed by atoms with E-state index in [9.17, 15) is 19.5 Å². The minimum atomic E-state index is -0.876. The molecule has 1 aromatic carbocycles. The molecule has 0 saturated carbocycles. The number of rotatable bonds is 8. The first-order chi connectivity index (χ1) is 11.6. The van der Waals surface area contributed by atoms with Crippen molar-refractivity contribution in [2.75, 3.05) is 6.54 Å². The largest absolute Gasteiger partial charge is 0.389 e. The molecule has 0 bridgehead atoms. The third kappa shape index (κ3) is 5.48. The second-order valence-corrected chi connectivity index (χ2v) is 5.44. The van der Waals surface area contributed by atoms with Crippen LogP contribution in [0.25, 0.3) is 0 Å². The average Bonchev–Trinajstić information content (AvgIpc) is 2.60. The van der Waals surface area contributed by atoms with Gasteiger partial charge >= 0.3 is 0 Å². The highest BCUT2D eigenvalue weighted by Gasteiger charge is 2.11. The zero-order valence-electron chi connectivity index (χ0n) is 13.2. The normalized spacial score (nSPS) is 11.7. The average molecular weight is 328 g/mol. The number of aromatic nitrogens is 1. The molecule has 0 radical (unpaired) electrons. The van der Waals surface area contributed by atoms with Crippen LogP contribution in [0.1, 0.15) is 23.2 Å². The van der Waals surface area contributed by atoms with Crippen LogP contribution in [0.2, 0.25) is 0 Å². The molecular weight excluding hydrogens is 308 g/mol. The molecule has 126 valence electrons. The molecule has 0 saturated heterocycles. The number of ketones is 1. The summed E-state index contributed by atoms with van der Waals surface area (Å²) in [7, 11) is 0. The number of aliphatic hydroxyl groups excluding tert-OH is 1. The molecule has 2 N–H and O–H groups in total. The van der Waals surface area contributed by atoms with E-state index in [2.05, 4.69) is 5.32 Å². The van der Waals surface area contributed by atoms with Gasteiger partial charge in [-0.2, -0.15) is 0 Å². The fraction of sp³-hybridized carbons (Fsp3) is 0.278. The van der Waals surface area contributed by atoms with Crippen LogP contribution in [-0.4, -0.2) is 34.0 Å². The van der Waals surface area contributed by atoms with Crippen molar-refractivity contribution in [3.8, 4) is 0 Å². The van der Waals surface area contributed by atoms with Crippen molar-refractivity contribution in [3.63, 3.8) is 0 Å². The number of hydrogen-bond donors (Lipinski definition) is 2. The van der Waals surface area contributed by atoms with E-state index in [1.165, 1.54) is 10.6 Å². The van der Waals surface area contributed by atoms with E-state index in [4.69, 9.17) is 0 Å². The lowest BCUT2D eigenvalue weighted by Crippen LogP contribution is -2.36.